The second-order valence-electron chi connectivity index (χ2n) is 9.08. The molecule has 0 radical (unpaired) electrons. The lowest BCUT2D eigenvalue weighted by atomic mass is 9.87. The first kappa shape index (κ1) is 23.4. The molecule has 1 aromatic heterocycles. The molecule has 0 unspecified atom stereocenters. The van der Waals surface area contributed by atoms with Crippen LogP contribution in [0.1, 0.15) is 55.6 Å². The van der Waals surface area contributed by atoms with Gasteiger partial charge in [-0.2, -0.15) is 5.10 Å². The van der Waals surface area contributed by atoms with Crippen LogP contribution >= 0.6 is 0 Å². The van der Waals surface area contributed by atoms with Gasteiger partial charge in [-0.1, -0.05) is 19.1 Å². The summed E-state index contributed by atoms with van der Waals surface area (Å²) < 4.78 is 7.64. The van der Waals surface area contributed by atoms with Crippen molar-refractivity contribution in [2.75, 3.05) is 18.6 Å². The summed E-state index contributed by atoms with van der Waals surface area (Å²) in [6, 6.07) is 15.5. The Morgan fingerprint density at radius 2 is 1.91 bits per heavy atom. The van der Waals surface area contributed by atoms with Crippen LogP contribution in [0.15, 0.2) is 72.1 Å². The highest BCUT2D eigenvalue weighted by atomic mass is 16.5. The number of carbonyl (C=O) groups is 1. The maximum Gasteiger partial charge on any atom is 0.271 e. The highest BCUT2D eigenvalue weighted by Gasteiger charge is 2.31. The van der Waals surface area contributed by atoms with Crippen LogP contribution in [-0.4, -0.2) is 35.9 Å². The lowest BCUT2D eigenvalue weighted by Gasteiger charge is -2.43. The van der Waals surface area contributed by atoms with Crippen molar-refractivity contribution in [3.05, 3.63) is 83.7 Å². The molecule has 1 N–H and O–H groups in total. The van der Waals surface area contributed by atoms with Gasteiger partial charge in [-0.25, -0.2) is 5.43 Å². The fraction of sp³-hybridized carbons (Fsp3) is 0.286. The Hall–Kier alpha value is -3.80. The molecule has 0 spiro atoms. The third-order valence-electron chi connectivity index (χ3n) is 6.16. The molecule has 0 saturated carbocycles. The van der Waals surface area contributed by atoms with Gasteiger partial charge in [-0.15, -0.1) is 0 Å². The number of hydrogen-bond acceptors (Lipinski definition) is 4. The lowest BCUT2D eigenvalue weighted by molar-refractivity contribution is 0.0955. The van der Waals surface area contributed by atoms with E-state index in [-0.39, 0.29) is 11.4 Å². The minimum atomic E-state index is -0.269. The van der Waals surface area contributed by atoms with Gasteiger partial charge < -0.3 is 14.2 Å². The van der Waals surface area contributed by atoms with Gasteiger partial charge in [0.15, 0.2) is 0 Å². The molecule has 1 amide bonds. The van der Waals surface area contributed by atoms with Crippen LogP contribution in [0, 0.1) is 0 Å². The first-order valence-corrected chi connectivity index (χ1v) is 11.6. The summed E-state index contributed by atoms with van der Waals surface area (Å²) in [5.74, 6) is 0.451. The molecule has 0 saturated heterocycles. The van der Waals surface area contributed by atoms with Crippen molar-refractivity contribution in [1.82, 2.24) is 9.99 Å². The van der Waals surface area contributed by atoms with E-state index >= 15 is 0 Å². The number of allylic oxidation sites excluding steroid dienone is 1. The van der Waals surface area contributed by atoms with Gasteiger partial charge in [0.05, 0.1) is 18.9 Å². The molecule has 3 aromatic rings. The largest absolute Gasteiger partial charge is 0.496 e. The minimum absolute atomic E-state index is 0.0725. The van der Waals surface area contributed by atoms with E-state index in [1.165, 1.54) is 5.57 Å². The number of nitrogens with zero attached hydrogens (tertiary/aromatic N) is 3. The van der Waals surface area contributed by atoms with E-state index in [9.17, 15) is 4.79 Å². The smallest absolute Gasteiger partial charge is 0.271 e. The number of nitrogens with one attached hydrogen (secondary N) is 1. The standard InChI is InChI=1S/C28H32N4O2/c1-6-12-32-25-17-26(34-5)22(16-24(25)20(2)18-28(32,3)4)19-29-30-27(33)21-10-9-11-23(15-21)31-13-7-8-14-31/h7-11,13-19H,6,12H2,1-5H3,(H,30,33)/b29-19+. The molecule has 4 rings (SSSR count). The van der Waals surface area contributed by atoms with Crippen LogP contribution in [0.3, 0.4) is 0 Å². The molecule has 176 valence electrons. The van der Waals surface area contributed by atoms with Crippen molar-refractivity contribution < 1.29 is 9.53 Å². The summed E-state index contributed by atoms with van der Waals surface area (Å²) in [4.78, 5) is 15.1. The Kier molecular flexibility index (Phi) is 6.59. The Bertz CT molecular complexity index is 1240. The maximum atomic E-state index is 12.7. The van der Waals surface area contributed by atoms with Gasteiger partial charge in [0.1, 0.15) is 5.75 Å². The van der Waals surface area contributed by atoms with E-state index in [0.29, 0.717) is 5.56 Å². The molecule has 1 aliphatic heterocycles. The Balaban J connectivity index is 1.58. The quantitative estimate of drug-likeness (QED) is 0.369. The number of fused-ring (bicyclic) bond motifs is 1. The molecule has 0 aliphatic carbocycles. The fourth-order valence-corrected chi connectivity index (χ4v) is 4.57. The topological polar surface area (TPSA) is 58.9 Å². The number of carbonyl (C=O) groups excluding carboxylic acids is 1. The van der Waals surface area contributed by atoms with Gasteiger partial charge in [0.2, 0.25) is 0 Å². The molecule has 0 fully saturated rings. The molecule has 6 nitrogen and oxygen atoms in total. The molecule has 34 heavy (non-hydrogen) atoms. The number of anilines is 1. The molecule has 6 heteroatoms. The predicted octanol–water partition coefficient (Wildman–Crippen LogP) is 5.66. The number of hydrazone groups is 1. The fourth-order valence-electron chi connectivity index (χ4n) is 4.57. The third kappa shape index (κ3) is 4.62. The van der Waals surface area contributed by atoms with Crippen molar-refractivity contribution in [2.24, 2.45) is 5.10 Å². The summed E-state index contributed by atoms with van der Waals surface area (Å²) in [6.07, 6.45) is 8.88. The zero-order valence-corrected chi connectivity index (χ0v) is 20.5. The van der Waals surface area contributed by atoms with Gasteiger partial charge in [-0.3, -0.25) is 4.79 Å². The van der Waals surface area contributed by atoms with Crippen LogP contribution in [0.4, 0.5) is 5.69 Å². The van der Waals surface area contributed by atoms with E-state index in [4.69, 9.17) is 4.74 Å². The van der Waals surface area contributed by atoms with Crippen LogP contribution in [0.25, 0.3) is 11.3 Å². The molecular weight excluding hydrogens is 424 g/mol. The van der Waals surface area contributed by atoms with Crippen molar-refractivity contribution in [2.45, 2.75) is 39.7 Å². The zero-order chi connectivity index (χ0) is 24.3. The van der Waals surface area contributed by atoms with E-state index < -0.39 is 0 Å². The third-order valence-corrected chi connectivity index (χ3v) is 6.16. The van der Waals surface area contributed by atoms with Crippen molar-refractivity contribution in [3.63, 3.8) is 0 Å². The number of benzene rings is 2. The SMILES string of the molecule is CCCN1c2cc(OC)c(/C=N/NC(=O)c3cccc(-n4cccc4)c3)cc2C(C)=CC1(C)C. The highest BCUT2D eigenvalue weighted by Crippen LogP contribution is 2.41. The second kappa shape index (κ2) is 9.59. The van der Waals surface area contributed by atoms with Gasteiger partial charge in [0, 0.05) is 53.1 Å². The van der Waals surface area contributed by atoms with E-state index in [2.05, 4.69) is 61.3 Å². The Morgan fingerprint density at radius 3 is 2.62 bits per heavy atom. The number of ether oxygens (including phenoxy) is 1. The highest BCUT2D eigenvalue weighted by molar-refractivity contribution is 5.96. The molecule has 0 bridgehead atoms. The maximum absolute atomic E-state index is 12.7. The lowest BCUT2D eigenvalue weighted by Crippen LogP contribution is -2.45. The molecule has 1 aliphatic rings. The predicted molar refractivity (Wildman–Crippen MR) is 139 cm³/mol. The number of rotatable bonds is 7. The normalized spacial score (nSPS) is 14.6. The van der Waals surface area contributed by atoms with E-state index in [0.717, 1.165) is 41.2 Å². The van der Waals surface area contributed by atoms with Crippen LogP contribution < -0.4 is 15.1 Å². The second-order valence-corrected chi connectivity index (χ2v) is 9.08. The number of aromatic nitrogens is 1. The zero-order valence-electron chi connectivity index (χ0n) is 20.5. The van der Waals surface area contributed by atoms with Gasteiger partial charge in [0.25, 0.3) is 5.91 Å². The molecule has 0 atom stereocenters. The van der Waals surface area contributed by atoms with E-state index in [1.807, 2.05) is 47.3 Å². The first-order valence-electron chi connectivity index (χ1n) is 11.6. The number of amides is 1. The molecule has 2 aromatic carbocycles. The summed E-state index contributed by atoms with van der Waals surface area (Å²) in [7, 11) is 1.66. The summed E-state index contributed by atoms with van der Waals surface area (Å²) >= 11 is 0. The van der Waals surface area contributed by atoms with Crippen molar-refractivity contribution >= 4 is 23.4 Å². The number of methoxy groups -OCH3 is 1. The summed E-state index contributed by atoms with van der Waals surface area (Å²) in [6.45, 7) is 9.75. The molecule has 2 heterocycles. The number of hydrogen-bond donors (Lipinski definition) is 1. The first-order chi connectivity index (χ1) is 16.3. The van der Waals surface area contributed by atoms with Crippen LogP contribution in [0.5, 0.6) is 5.75 Å². The molecular formula is C28H32N4O2. The summed E-state index contributed by atoms with van der Waals surface area (Å²) in [5.41, 5.74) is 8.37. The van der Waals surface area contributed by atoms with E-state index in [1.54, 1.807) is 19.4 Å². The van der Waals surface area contributed by atoms with Gasteiger partial charge >= 0.3 is 0 Å². The van der Waals surface area contributed by atoms with Crippen molar-refractivity contribution in [1.29, 1.82) is 0 Å². The summed E-state index contributed by atoms with van der Waals surface area (Å²) in [5, 5.41) is 4.23. The monoisotopic (exact) mass is 456 g/mol. The Morgan fingerprint density at radius 1 is 1.15 bits per heavy atom. The van der Waals surface area contributed by atoms with Crippen molar-refractivity contribution in [3.8, 4) is 11.4 Å². The Labute approximate surface area is 201 Å². The average molecular weight is 457 g/mol. The average Bonchev–Trinajstić information content (AvgIpc) is 3.36. The minimum Gasteiger partial charge on any atom is -0.496 e. The van der Waals surface area contributed by atoms with Crippen LogP contribution in [0.2, 0.25) is 0 Å². The van der Waals surface area contributed by atoms with Crippen LogP contribution in [-0.2, 0) is 0 Å². The van der Waals surface area contributed by atoms with Gasteiger partial charge in [-0.05, 0) is 69.2 Å².